The Morgan fingerprint density at radius 1 is 1.23 bits per heavy atom. The normalized spacial score (nSPS) is 17.3. The summed E-state index contributed by atoms with van der Waals surface area (Å²) in [5, 5.41) is 6.50. The Morgan fingerprint density at radius 2 is 1.97 bits per heavy atom. The predicted molar refractivity (Wildman–Crippen MR) is 112 cm³/mol. The van der Waals surface area contributed by atoms with Gasteiger partial charge in [-0.2, -0.15) is 0 Å². The number of ether oxygens (including phenoxy) is 1. The van der Waals surface area contributed by atoms with Gasteiger partial charge in [0.25, 0.3) is 0 Å². The summed E-state index contributed by atoms with van der Waals surface area (Å²) in [5.74, 6) is -0.921. The molecule has 0 saturated heterocycles. The van der Waals surface area contributed by atoms with E-state index in [2.05, 4.69) is 22.5 Å². The van der Waals surface area contributed by atoms with Gasteiger partial charge in [-0.3, -0.25) is 4.98 Å². The van der Waals surface area contributed by atoms with E-state index in [-0.39, 0.29) is 28.1 Å². The van der Waals surface area contributed by atoms with E-state index in [1.54, 1.807) is 6.92 Å². The number of rotatable bonds is 7. The van der Waals surface area contributed by atoms with Crippen LogP contribution >= 0.6 is 0 Å². The summed E-state index contributed by atoms with van der Waals surface area (Å²) in [6, 6.07) is 3.65. The Balaban J connectivity index is 1.93. The van der Waals surface area contributed by atoms with E-state index in [1.165, 1.54) is 39.3 Å². The number of alkyl halides is 1. The molecule has 162 valence electrons. The maximum atomic E-state index is 15.1. The fraction of sp³-hybridized carbons (Fsp3) is 0.435. The van der Waals surface area contributed by atoms with Gasteiger partial charge in [-0.15, -0.1) is 0 Å². The maximum absolute atomic E-state index is 15.1. The van der Waals surface area contributed by atoms with Crippen LogP contribution in [0.2, 0.25) is 0 Å². The SMILES string of the molecule is CCC1CC(NC(C)c2cc(F)c(-c3cc(C(C)(C)F)ncc3OC)cc2F)=CN1. The Bertz CT molecular complexity index is 953. The molecule has 0 saturated carbocycles. The largest absolute Gasteiger partial charge is 0.494 e. The summed E-state index contributed by atoms with van der Waals surface area (Å²) < 4.78 is 49.6. The highest BCUT2D eigenvalue weighted by Crippen LogP contribution is 2.37. The van der Waals surface area contributed by atoms with Crippen LogP contribution in [-0.2, 0) is 5.67 Å². The molecule has 0 bridgehead atoms. The fourth-order valence-corrected chi connectivity index (χ4v) is 3.56. The lowest BCUT2D eigenvalue weighted by Gasteiger charge is -2.20. The Morgan fingerprint density at radius 3 is 2.57 bits per heavy atom. The van der Waals surface area contributed by atoms with E-state index in [4.69, 9.17) is 4.74 Å². The second-order valence-corrected chi connectivity index (χ2v) is 8.11. The van der Waals surface area contributed by atoms with Crippen molar-refractivity contribution in [3.05, 3.63) is 59.2 Å². The molecule has 2 N–H and O–H groups in total. The zero-order valence-corrected chi connectivity index (χ0v) is 17.9. The molecular formula is C23H28F3N3O. The Labute approximate surface area is 175 Å². The molecule has 0 amide bonds. The summed E-state index contributed by atoms with van der Waals surface area (Å²) in [4.78, 5) is 4.04. The van der Waals surface area contributed by atoms with E-state index >= 15 is 4.39 Å². The molecule has 2 aromatic rings. The van der Waals surface area contributed by atoms with Crippen molar-refractivity contribution in [1.29, 1.82) is 0 Å². The second kappa shape index (κ2) is 8.58. The molecule has 4 nitrogen and oxygen atoms in total. The lowest BCUT2D eigenvalue weighted by atomic mass is 9.97. The highest BCUT2D eigenvalue weighted by Gasteiger charge is 2.25. The van der Waals surface area contributed by atoms with Crippen LogP contribution in [0, 0.1) is 11.6 Å². The van der Waals surface area contributed by atoms with Crippen molar-refractivity contribution in [3.63, 3.8) is 0 Å². The van der Waals surface area contributed by atoms with Crippen LogP contribution in [0.4, 0.5) is 13.2 Å². The van der Waals surface area contributed by atoms with Crippen LogP contribution < -0.4 is 15.4 Å². The first-order valence-corrected chi connectivity index (χ1v) is 10.1. The number of aromatic nitrogens is 1. The second-order valence-electron chi connectivity index (χ2n) is 8.11. The molecule has 0 fully saturated rings. The van der Waals surface area contributed by atoms with Crippen molar-refractivity contribution in [3.8, 4) is 16.9 Å². The minimum atomic E-state index is -1.73. The highest BCUT2D eigenvalue weighted by atomic mass is 19.1. The number of halogens is 3. The quantitative estimate of drug-likeness (QED) is 0.622. The van der Waals surface area contributed by atoms with E-state index in [0.717, 1.165) is 24.6 Å². The fourth-order valence-electron chi connectivity index (χ4n) is 3.56. The van der Waals surface area contributed by atoms with Gasteiger partial charge in [0.15, 0.2) is 0 Å². The molecule has 2 unspecified atom stereocenters. The average Bonchev–Trinajstić information content (AvgIpc) is 3.15. The molecule has 30 heavy (non-hydrogen) atoms. The van der Waals surface area contributed by atoms with E-state index in [0.29, 0.717) is 6.04 Å². The lowest BCUT2D eigenvalue weighted by molar-refractivity contribution is 0.214. The molecule has 1 aromatic carbocycles. The summed E-state index contributed by atoms with van der Waals surface area (Å²) in [6.07, 6.45) is 5.01. The molecule has 1 aliphatic heterocycles. The van der Waals surface area contributed by atoms with Crippen LogP contribution in [0.3, 0.4) is 0 Å². The maximum Gasteiger partial charge on any atom is 0.147 e. The molecule has 2 heterocycles. The van der Waals surface area contributed by atoms with E-state index < -0.39 is 23.3 Å². The van der Waals surface area contributed by atoms with Crippen molar-refractivity contribution in [2.75, 3.05) is 7.11 Å². The lowest BCUT2D eigenvalue weighted by Crippen LogP contribution is -2.20. The molecular weight excluding hydrogens is 391 g/mol. The molecule has 7 heteroatoms. The zero-order valence-electron chi connectivity index (χ0n) is 17.9. The van der Waals surface area contributed by atoms with Crippen LogP contribution in [0.5, 0.6) is 5.75 Å². The van der Waals surface area contributed by atoms with Crippen LogP contribution in [0.25, 0.3) is 11.1 Å². The number of nitrogens with one attached hydrogen (secondary N) is 2. The predicted octanol–water partition coefficient (Wildman–Crippen LogP) is 5.50. The minimum absolute atomic E-state index is 0.000922. The van der Waals surface area contributed by atoms with Crippen molar-refractivity contribution in [1.82, 2.24) is 15.6 Å². The Kier molecular flexibility index (Phi) is 6.29. The number of nitrogens with zero attached hydrogens (tertiary/aromatic N) is 1. The van der Waals surface area contributed by atoms with Crippen molar-refractivity contribution in [2.45, 2.75) is 58.3 Å². The standard InChI is InChI=1S/C23H28F3N3O/c1-6-14-7-15(11-27-14)29-13(2)16-8-20(25)17(9-19(16)24)18-10-22(23(3,4)26)28-12-21(18)30-5/h8-14,27,29H,6-7H2,1-5H3. The van der Waals surface area contributed by atoms with E-state index in [9.17, 15) is 8.78 Å². The number of benzene rings is 1. The van der Waals surface area contributed by atoms with Crippen molar-refractivity contribution >= 4 is 0 Å². The van der Waals surface area contributed by atoms with Gasteiger partial charge in [0.05, 0.1) is 25.0 Å². The molecule has 0 aliphatic carbocycles. The molecule has 1 aromatic heterocycles. The third-order valence-corrected chi connectivity index (χ3v) is 5.39. The number of methoxy groups -OCH3 is 1. The first-order chi connectivity index (χ1) is 14.1. The molecule has 0 spiro atoms. The third kappa shape index (κ3) is 4.55. The van der Waals surface area contributed by atoms with Crippen molar-refractivity contribution in [2.24, 2.45) is 0 Å². The first kappa shape index (κ1) is 22.0. The summed E-state index contributed by atoms with van der Waals surface area (Å²) in [7, 11) is 1.41. The van der Waals surface area contributed by atoms with Gasteiger partial charge in [0, 0.05) is 41.1 Å². The number of pyridine rings is 1. The first-order valence-electron chi connectivity index (χ1n) is 10.1. The Hall–Kier alpha value is -2.70. The van der Waals surface area contributed by atoms with Gasteiger partial charge in [0.2, 0.25) is 0 Å². The van der Waals surface area contributed by atoms with Crippen LogP contribution in [-0.4, -0.2) is 18.1 Å². The van der Waals surface area contributed by atoms with Crippen LogP contribution in [0.15, 0.2) is 36.3 Å². The van der Waals surface area contributed by atoms with E-state index in [1.807, 2.05) is 6.20 Å². The van der Waals surface area contributed by atoms with Gasteiger partial charge in [-0.25, -0.2) is 13.2 Å². The monoisotopic (exact) mass is 419 g/mol. The minimum Gasteiger partial charge on any atom is -0.494 e. The number of hydrogen-bond donors (Lipinski definition) is 2. The van der Waals surface area contributed by atoms with Crippen molar-refractivity contribution < 1.29 is 17.9 Å². The summed E-state index contributed by atoms with van der Waals surface area (Å²) >= 11 is 0. The molecule has 0 radical (unpaired) electrons. The zero-order chi connectivity index (χ0) is 22.1. The summed E-state index contributed by atoms with van der Waals surface area (Å²) in [5.41, 5.74) is -0.178. The van der Waals surface area contributed by atoms with Gasteiger partial charge in [-0.1, -0.05) is 6.92 Å². The smallest absolute Gasteiger partial charge is 0.147 e. The average molecular weight is 419 g/mol. The van der Waals surface area contributed by atoms with Gasteiger partial charge >= 0.3 is 0 Å². The molecule has 1 aliphatic rings. The molecule has 2 atom stereocenters. The highest BCUT2D eigenvalue weighted by molar-refractivity contribution is 5.71. The van der Waals surface area contributed by atoms with Gasteiger partial charge in [-0.05, 0) is 45.4 Å². The third-order valence-electron chi connectivity index (χ3n) is 5.39. The van der Waals surface area contributed by atoms with Gasteiger partial charge < -0.3 is 15.4 Å². The number of hydrogen-bond acceptors (Lipinski definition) is 4. The summed E-state index contributed by atoms with van der Waals surface area (Å²) in [6.45, 7) is 6.59. The molecule has 3 rings (SSSR count). The van der Waals surface area contributed by atoms with Crippen LogP contribution in [0.1, 0.15) is 57.8 Å². The topological polar surface area (TPSA) is 46.2 Å². The van der Waals surface area contributed by atoms with Gasteiger partial charge in [0.1, 0.15) is 23.1 Å².